The summed E-state index contributed by atoms with van der Waals surface area (Å²) < 4.78 is 0. The maximum absolute atomic E-state index is 12.6. The molecular weight excluding hydrogens is 276 g/mol. The maximum atomic E-state index is 12.6. The van der Waals surface area contributed by atoms with E-state index in [0.29, 0.717) is 29.1 Å². The number of carbonyl (C=O) groups excluding carboxylic acids is 1. The third kappa shape index (κ3) is 1.71. The molecule has 0 amide bonds. The van der Waals surface area contributed by atoms with Crippen LogP contribution in [0.1, 0.15) is 49.7 Å². The summed E-state index contributed by atoms with van der Waals surface area (Å²) in [7, 11) is 0. The Morgan fingerprint density at radius 3 is 2.91 bits per heavy atom. The lowest BCUT2D eigenvalue weighted by molar-refractivity contribution is -0.127. The standard InChI is InChI=1S/C19H22O3/c1-19-7-6-15-14-5-3-13(21)8-11(14)2-4-16(15)17(19)9-12(10-20)18(19)22/h3,5,8,10,15-17,20-21H,2,4,6-7,9H2,1H3/b12-10-/t15?,16?,17?,19-/m0/s1. The van der Waals surface area contributed by atoms with E-state index in [1.54, 1.807) is 6.07 Å². The highest BCUT2D eigenvalue weighted by Gasteiger charge is 2.56. The highest BCUT2D eigenvalue weighted by atomic mass is 16.3. The molecule has 4 rings (SSSR count). The molecule has 0 spiro atoms. The molecule has 3 aliphatic rings. The molecule has 2 N–H and O–H groups in total. The van der Waals surface area contributed by atoms with Gasteiger partial charge in [-0.3, -0.25) is 4.79 Å². The lowest BCUT2D eigenvalue weighted by atomic mass is 9.55. The van der Waals surface area contributed by atoms with Crippen LogP contribution >= 0.6 is 0 Å². The molecule has 3 aliphatic carbocycles. The zero-order valence-corrected chi connectivity index (χ0v) is 12.9. The summed E-state index contributed by atoms with van der Waals surface area (Å²) in [4.78, 5) is 12.6. The molecule has 0 aliphatic heterocycles. The summed E-state index contributed by atoms with van der Waals surface area (Å²) >= 11 is 0. The number of rotatable bonds is 0. The van der Waals surface area contributed by atoms with Gasteiger partial charge in [0, 0.05) is 11.0 Å². The molecule has 0 aromatic heterocycles. The molecule has 3 unspecified atom stereocenters. The Morgan fingerprint density at radius 2 is 2.14 bits per heavy atom. The molecule has 0 bridgehead atoms. The number of aryl methyl sites for hydroxylation is 1. The smallest absolute Gasteiger partial charge is 0.168 e. The number of fused-ring (bicyclic) bond motifs is 5. The fourth-order valence-electron chi connectivity index (χ4n) is 5.36. The molecule has 1 aromatic rings. The highest BCUT2D eigenvalue weighted by molar-refractivity contribution is 6.02. The van der Waals surface area contributed by atoms with E-state index >= 15 is 0 Å². The molecule has 2 fully saturated rings. The number of benzene rings is 1. The predicted molar refractivity (Wildman–Crippen MR) is 83.8 cm³/mol. The first-order valence-electron chi connectivity index (χ1n) is 8.24. The van der Waals surface area contributed by atoms with Crippen LogP contribution in [0.5, 0.6) is 5.75 Å². The van der Waals surface area contributed by atoms with E-state index in [1.807, 2.05) is 6.07 Å². The number of hydrogen-bond donors (Lipinski definition) is 2. The fraction of sp³-hybridized carbons (Fsp3) is 0.526. The van der Waals surface area contributed by atoms with Crippen LogP contribution in [0.2, 0.25) is 0 Å². The zero-order valence-electron chi connectivity index (χ0n) is 12.9. The zero-order chi connectivity index (χ0) is 15.5. The van der Waals surface area contributed by atoms with Gasteiger partial charge in [-0.1, -0.05) is 13.0 Å². The SMILES string of the molecule is C[C@]12CCC3c4ccc(O)cc4CCC3C1C/C(=C/O)C2=O. The van der Waals surface area contributed by atoms with Gasteiger partial charge in [-0.15, -0.1) is 0 Å². The Labute approximate surface area is 130 Å². The second kappa shape index (κ2) is 4.61. The maximum Gasteiger partial charge on any atom is 0.168 e. The van der Waals surface area contributed by atoms with Gasteiger partial charge < -0.3 is 10.2 Å². The quantitative estimate of drug-likeness (QED) is 0.564. The lowest BCUT2D eigenvalue weighted by Crippen LogP contribution is -2.42. The van der Waals surface area contributed by atoms with E-state index in [1.165, 1.54) is 11.1 Å². The molecule has 2 saturated carbocycles. The van der Waals surface area contributed by atoms with Gasteiger partial charge >= 0.3 is 0 Å². The minimum atomic E-state index is -0.288. The number of aliphatic hydroxyl groups excluding tert-OH is 1. The molecule has 0 saturated heterocycles. The van der Waals surface area contributed by atoms with Crippen molar-refractivity contribution in [1.82, 2.24) is 0 Å². The number of hydrogen-bond acceptors (Lipinski definition) is 3. The largest absolute Gasteiger partial charge is 0.515 e. The Hall–Kier alpha value is -1.77. The Morgan fingerprint density at radius 1 is 1.32 bits per heavy atom. The monoisotopic (exact) mass is 298 g/mol. The van der Waals surface area contributed by atoms with E-state index in [9.17, 15) is 15.0 Å². The first-order valence-corrected chi connectivity index (χ1v) is 8.24. The van der Waals surface area contributed by atoms with Gasteiger partial charge in [-0.25, -0.2) is 0 Å². The van der Waals surface area contributed by atoms with Crippen molar-refractivity contribution in [2.45, 2.75) is 44.9 Å². The van der Waals surface area contributed by atoms with Crippen molar-refractivity contribution in [3.8, 4) is 5.75 Å². The van der Waals surface area contributed by atoms with Crippen LogP contribution in [0.4, 0.5) is 0 Å². The van der Waals surface area contributed by atoms with Crippen LogP contribution in [0.3, 0.4) is 0 Å². The van der Waals surface area contributed by atoms with Crippen molar-refractivity contribution in [2.24, 2.45) is 17.3 Å². The van der Waals surface area contributed by atoms with Crippen LogP contribution in [0.25, 0.3) is 0 Å². The first kappa shape index (κ1) is 13.9. The second-order valence-electron chi connectivity index (χ2n) is 7.44. The summed E-state index contributed by atoms with van der Waals surface area (Å²) in [5.74, 6) is 1.86. The van der Waals surface area contributed by atoms with Gasteiger partial charge in [0.25, 0.3) is 0 Å². The topological polar surface area (TPSA) is 57.5 Å². The van der Waals surface area contributed by atoms with Crippen molar-refractivity contribution < 1.29 is 15.0 Å². The molecule has 1 aromatic carbocycles. The van der Waals surface area contributed by atoms with Gasteiger partial charge in [0.15, 0.2) is 5.78 Å². The van der Waals surface area contributed by atoms with Crippen LogP contribution < -0.4 is 0 Å². The minimum Gasteiger partial charge on any atom is -0.515 e. The molecule has 3 nitrogen and oxygen atoms in total. The van der Waals surface area contributed by atoms with Crippen molar-refractivity contribution in [3.05, 3.63) is 41.2 Å². The van der Waals surface area contributed by atoms with Gasteiger partial charge in [0.05, 0.1) is 6.26 Å². The summed E-state index contributed by atoms with van der Waals surface area (Å²) in [6.07, 6.45) is 5.74. The molecule has 3 heteroatoms. The van der Waals surface area contributed by atoms with Gasteiger partial charge in [0.2, 0.25) is 0 Å². The molecular formula is C19H22O3. The molecule has 22 heavy (non-hydrogen) atoms. The van der Waals surface area contributed by atoms with E-state index < -0.39 is 0 Å². The first-order chi connectivity index (χ1) is 10.5. The number of allylic oxidation sites excluding steroid dienone is 1. The summed E-state index contributed by atoms with van der Waals surface area (Å²) in [5.41, 5.74) is 2.96. The normalized spacial score (nSPS) is 38.5. The number of aromatic hydroxyl groups is 1. The minimum absolute atomic E-state index is 0.162. The van der Waals surface area contributed by atoms with E-state index in [-0.39, 0.29) is 11.2 Å². The van der Waals surface area contributed by atoms with Gasteiger partial charge in [0.1, 0.15) is 5.75 Å². The van der Waals surface area contributed by atoms with Crippen molar-refractivity contribution in [3.63, 3.8) is 0 Å². The fourth-order valence-corrected chi connectivity index (χ4v) is 5.36. The van der Waals surface area contributed by atoms with Crippen molar-refractivity contribution in [1.29, 1.82) is 0 Å². The third-order valence-electron chi connectivity index (χ3n) is 6.51. The number of ketones is 1. The number of aliphatic hydroxyl groups is 1. The van der Waals surface area contributed by atoms with E-state index in [0.717, 1.165) is 38.4 Å². The Kier molecular flexibility index (Phi) is 2.91. The van der Waals surface area contributed by atoms with Crippen LogP contribution in [0, 0.1) is 17.3 Å². The Bertz CT molecular complexity index is 675. The summed E-state index contributed by atoms with van der Waals surface area (Å²) in [6, 6.07) is 5.76. The van der Waals surface area contributed by atoms with Crippen LogP contribution in [0.15, 0.2) is 30.0 Å². The number of phenols is 1. The van der Waals surface area contributed by atoms with E-state index in [2.05, 4.69) is 13.0 Å². The van der Waals surface area contributed by atoms with Crippen LogP contribution in [-0.2, 0) is 11.2 Å². The number of phenolic OH excluding ortho intramolecular Hbond substituents is 1. The van der Waals surface area contributed by atoms with Crippen LogP contribution in [-0.4, -0.2) is 16.0 Å². The number of Topliss-reactive ketones (excluding diaryl/α,β-unsaturated/α-hetero) is 1. The van der Waals surface area contributed by atoms with Crippen molar-refractivity contribution in [2.75, 3.05) is 0 Å². The third-order valence-corrected chi connectivity index (χ3v) is 6.51. The predicted octanol–water partition coefficient (Wildman–Crippen LogP) is 3.87. The van der Waals surface area contributed by atoms with Crippen molar-refractivity contribution >= 4 is 5.78 Å². The average molecular weight is 298 g/mol. The molecule has 0 heterocycles. The second-order valence-corrected chi connectivity index (χ2v) is 7.44. The number of carbonyl (C=O) groups is 1. The highest BCUT2D eigenvalue weighted by Crippen LogP contribution is 2.60. The van der Waals surface area contributed by atoms with E-state index in [4.69, 9.17) is 0 Å². The lowest BCUT2D eigenvalue weighted by Gasteiger charge is -2.48. The summed E-state index contributed by atoms with van der Waals surface area (Å²) in [5, 5.41) is 19.1. The molecule has 116 valence electrons. The van der Waals surface area contributed by atoms with Gasteiger partial charge in [-0.05, 0) is 73.1 Å². The Balaban J connectivity index is 1.74. The van der Waals surface area contributed by atoms with Gasteiger partial charge in [-0.2, -0.15) is 0 Å². The average Bonchev–Trinajstić information content (AvgIpc) is 2.78. The summed E-state index contributed by atoms with van der Waals surface area (Å²) in [6.45, 7) is 2.10. The molecule has 0 radical (unpaired) electrons. The molecule has 4 atom stereocenters.